The van der Waals surface area contributed by atoms with Gasteiger partial charge in [-0.05, 0) is 30.7 Å². The van der Waals surface area contributed by atoms with E-state index in [1.54, 1.807) is 12.1 Å². The van der Waals surface area contributed by atoms with Crippen molar-refractivity contribution in [3.8, 4) is 0 Å². The molecule has 1 aromatic heterocycles. The third kappa shape index (κ3) is 4.43. The highest BCUT2D eigenvalue weighted by atomic mass is 32.2. The standard InChI is InChI=1S/C20H18F3N3O3S2/c21-20(22,23)14-5-1-2-7-17(14)31(28,29)26-15-6-3-4-12-10-16(25-18(12)15)19-24-11-13(30-19)8-9-27/h1-7,10,13,25-27H,8-9,11H2. The van der Waals surface area contributed by atoms with Crippen molar-refractivity contribution in [3.63, 3.8) is 0 Å². The van der Waals surface area contributed by atoms with Gasteiger partial charge in [-0.1, -0.05) is 36.0 Å². The lowest BCUT2D eigenvalue weighted by atomic mass is 10.2. The Morgan fingerprint density at radius 3 is 2.71 bits per heavy atom. The lowest BCUT2D eigenvalue weighted by Crippen LogP contribution is -2.19. The second-order valence-corrected chi connectivity index (χ2v) is 9.89. The van der Waals surface area contributed by atoms with Crippen molar-refractivity contribution >= 4 is 43.4 Å². The molecule has 3 aromatic rings. The van der Waals surface area contributed by atoms with Crippen molar-refractivity contribution in [2.24, 2.45) is 4.99 Å². The van der Waals surface area contributed by atoms with Crippen LogP contribution in [0, 0.1) is 0 Å². The van der Waals surface area contributed by atoms with E-state index in [4.69, 9.17) is 5.11 Å². The van der Waals surface area contributed by atoms with Gasteiger partial charge in [-0.3, -0.25) is 9.71 Å². The van der Waals surface area contributed by atoms with Gasteiger partial charge in [0.25, 0.3) is 10.0 Å². The number of fused-ring (bicyclic) bond motifs is 1. The number of hydrogen-bond donors (Lipinski definition) is 3. The van der Waals surface area contributed by atoms with Crippen LogP contribution in [-0.2, 0) is 16.2 Å². The average Bonchev–Trinajstić information content (AvgIpc) is 3.35. The number of para-hydroxylation sites is 1. The molecule has 0 radical (unpaired) electrons. The molecule has 2 aromatic carbocycles. The number of sulfonamides is 1. The van der Waals surface area contributed by atoms with E-state index in [2.05, 4.69) is 14.7 Å². The molecule has 0 saturated carbocycles. The zero-order valence-corrected chi connectivity index (χ0v) is 17.6. The summed E-state index contributed by atoms with van der Waals surface area (Å²) in [5.41, 5.74) is 0.0342. The molecule has 11 heteroatoms. The number of aliphatic hydroxyl groups excluding tert-OH is 1. The summed E-state index contributed by atoms with van der Waals surface area (Å²) in [4.78, 5) is 6.75. The molecule has 1 unspecified atom stereocenters. The number of rotatable bonds is 6. The molecule has 4 rings (SSSR count). The molecule has 0 amide bonds. The van der Waals surface area contributed by atoms with Gasteiger partial charge in [-0.2, -0.15) is 13.2 Å². The molecule has 0 bridgehead atoms. The fourth-order valence-electron chi connectivity index (χ4n) is 3.35. The number of hydrogen-bond acceptors (Lipinski definition) is 5. The Morgan fingerprint density at radius 1 is 1.19 bits per heavy atom. The maximum atomic E-state index is 13.3. The van der Waals surface area contributed by atoms with Crippen LogP contribution >= 0.6 is 11.8 Å². The zero-order chi connectivity index (χ0) is 22.2. The molecular weight excluding hydrogens is 451 g/mol. The van der Waals surface area contributed by atoms with E-state index < -0.39 is 26.7 Å². The molecule has 1 aliphatic rings. The molecular formula is C20H18F3N3O3S2. The molecule has 6 nitrogen and oxygen atoms in total. The minimum absolute atomic E-state index is 0.0680. The molecule has 164 valence electrons. The van der Waals surface area contributed by atoms with Crippen LogP contribution < -0.4 is 4.72 Å². The second kappa shape index (κ2) is 8.21. The number of benzene rings is 2. The number of alkyl halides is 3. The van der Waals surface area contributed by atoms with Crippen molar-refractivity contribution in [2.45, 2.75) is 22.7 Å². The van der Waals surface area contributed by atoms with Gasteiger partial charge in [-0.15, -0.1) is 0 Å². The number of aromatic amines is 1. The molecule has 1 atom stereocenters. The number of halogens is 3. The average molecular weight is 470 g/mol. The van der Waals surface area contributed by atoms with Crippen LogP contribution in [0.2, 0.25) is 0 Å². The Morgan fingerprint density at radius 2 is 1.97 bits per heavy atom. The van der Waals surface area contributed by atoms with Crippen molar-refractivity contribution in [1.29, 1.82) is 0 Å². The van der Waals surface area contributed by atoms with E-state index in [0.717, 1.165) is 23.2 Å². The van der Waals surface area contributed by atoms with Crippen LogP contribution in [-0.4, -0.2) is 42.0 Å². The summed E-state index contributed by atoms with van der Waals surface area (Å²) >= 11 is 1.52. The molecule has 0 aliphatic carbocycles. The first kappa shape index (κ1) is 21.7. The number of nitrogens with zero attached hydrogens (tertiary/aromatic N) is 1. The van der Waals surface area contributed by atoms with Gasteiger partial charge < -0.3 is 10.1 Å². The summed E-state index contributed by atoms with van der Waals surface area (Å²) in [5.74, 6) is 0. The van der Waals surface area contributed by atoms with Gasteiger partial charge in [0.1, 0.15) is 5.04 Å². The maximum absolute atomic E-state index is 13.3. The number of H-pyrrole nitrogens is 1. The number of nitrogens with one attached hydrogen (secondary N) is 2. The van der Waals surface area contributed by atoms with Crippen LogP contribution in [0.4, 0.5) is 18.9 Å². The Bertz CT molecular complexity index is 1250. The molecule has 0 saturated heterocycles. The van der Waals surface area contributed by atoms with Crippen LogP contribution in [0.1, 0.15) is 17.7 Å². The summed E-state index contributed by atoms with van der Waals surface area (Å²) in [7, 11) is -4.50. The highest BCUT2D eigenvalue weighted by molar-refractivity contribution is 8.15. The number of aliphatic hydroxyl groups is 1. The van der Waals surface area contributed by atoms with Crippen molar-refractivity contribution in [2.75, 3.05) is 17.9 Å². The third-order valence-electron chi connectivity index (χ3n) is 4.78. The van der Waals surface area contributed by atoms with Gasteiger partial charge in [0.05, 0.1) is 33.9 Å². The first-order valence-corrected chi connectivity index (χ1v) is 11.7. The summed E-state index contributed by atoms with van der Waals surface area (Å²) in [5, 5.41) is 10.7. The SMILES string of the molecule is O=S(=O)(Nc1cccc2cc(C3=NCC(CCO)S3)[nH]c12)c1ccccc1C(F)(F)F. The van der Waals surface area contributed by atoms with Crippen LogP contribution in [0.15, 0.2) is 58.4 Å². The highest BCUT2D eigenvalue weighted by Crippen LogP contribution is 2.36. The fraction of sp³-hybridized carbons (Fsp3) is 0.250. The minimum atomic E-state index is -4.81. The van der Waals surface area contributed by atoms with Crippen LogP contribution in [0.5, 0.6) is 0 Å². The van der Waals surface area contributed by atoms with E-state index >= 15 is 0 Å². The van der Waals surface area contributed by atoms with Crippen LogP contribution in [0.25, 0.3) is 10.9 Å². The fourth-order valence-corrected chi connectivity index (χ4v) is 5.73. The Balaban J connectivity index is 1.68. The Hall–Kier alpha value is -2.50. The van der Waals surface area contributed by atoms with Gasteiger partial charge in [-0.25, -0.2) is 8.42 Å². The van der Waals surface area contributed by atoms with E-state index in [-0.39, 0.29) is 17.5 Å². The minimum Gasteiger partial charge on any atom is -0.396 e. The first-order valence-electron chi connectivity index (χ1n) is 9.32. The lowest BCUT2D eigenvalue weighted by molar-refractivity contribution is -0.139. The summed E-state index contributed by atoms with van der Waals surface area (Å²) in [6.45, 7) is 0.641. The first-order chi connectivity index (χ1) is 14.7. The largest absolute Gasteiger partial charge is 0.417 e. The lowest BCUT2D eigenvalue weighted by Gasteiger charge is -2.14. The highest BCUT2D eigenvalue weighted by Gasteiger charge is 2.37. The molecule has 2 heterocycles. The van der Waals surface area contributed by atoms with Crippen molar-refractivity contribution in [1.82, 2.24) is 4.98 Å². The Kier molecular flexibility index (Phi) is 5.75. The van der Waals surface area contributed by atoms with Gasteiger partial charge in [0.15, 0.2) is 0 Å². The monoisotopic (exact) mass is 469 g/mol. The summed E-state index contributed by atoms with van der Waals surface area (Å²) < 4.78 is 67.8. The van der Waals surface area contributed by atoms with Gasteiger partial charge >= 0.3 is 6.18 Å². The van der Waals surface area contributed by atoms with Crippen molar-refractivity contribution in [3.05, 3.63) is 59.8 Å². The number of aliphatic imine (C=N–C) groups is 1. The van der Waals surface area contributed by atoms with Crippen LogP contribution in [0.3, 0.4) is 0 Å². The number of thioether (sulfide) groups is 1. The quantitative estimate of drug-likeness (QED) is 0.504. The van der Waals surface area contributed by atoms with E-state index in [1.165, 1.54) is 23.9 Å². The van der Waals surface area contributed by atoms with Crippen molar-refractivity contribution < 1.29 is 26.7 Å². The molecule has 0 spiro atoms. The third-order valence-corrected chi connectivity index (χ3v) is 7.49. The normalized spacial score (nSPS) is 17.2. The zero-order valence-electron chi connectivity index (χ0n) is 16.0. The molecule has 31 heavy (non-hydrogen) atoms. The molecule has 3 N–H and O–H groups in total. The maximum Gasteiger partial charge on any atom is 0.417 e. The van der Waals surface area contributed by atoms with Gasteiger partial charge in [0.2, 0.25) is 0 Å². The second-order valence-electron chi connectivity index (χ2n) is 6.95. The number of anilines is 1. The summed E-state index contributed by atoms with van der Waals surface area (Å²) in [6, 6.07) is 10.7. The molecule has 0 fully saturated rings. The van der Waals surface area contributed by atoms with Gasteiger partial charge in [0, 0.05) is 17.2 Å². The predicted molar refractivity (Wildman–Crippen MR) is 115 cm³/mol. The number of aromatic nitrogens is 1. The molecule has 1 aliphatic heterocycles. The Labute approximate surface area is 180 Å². The summed E-state index contributed by atoms with van der Waals surface area (Å²) in [6.07, 6.45) is -4.19. The van der Waals surface area contributed by atoms with E-state index in [9.17, 15) is 21.6 Å². The van der Waals surface area contributed by atoms with E-state index in [1.807, 2.05) is 6.07 Å². The topological polar surface area (TPSA) is 94.6 Å². The predicted octanol–water partition coefficient (Wildman–Crippen LogP) is 4.23. The van der Waals surface area contributed by atoms with E-state index in [0.29, 0.717) is 29.6 Å². The smallest absolute Gasteiger partial charge is 0.396 e.